The molecule has 3 heteroatoms. The zero-order valence-corrected chi connectivity index (χ0v) is 8.18. The molecule has 1 saturated heterocycles. The van der Waals surface area contributed by atoms with Crippen LogP contribution >= 0.6 is 0 Å². The summed E-state index contributed by atoms with van der Waals surface area (Å²) in [6.07, 6.45) is 0. The van der Waals surface area contributed by atoms with Crippen LogP contribution in [0.4, 0.5) is 0 Å². The van der Waals surface area contributed by atoms with Crippen LogP contribution in [0.3, 0.4) is 0 Å². The average molecular weight is 180 g/mol. The molecule has 0 spiro atoms. The summed E-state index contributed by atoms with van der Waals surface area (Å²) in [6, 6.07) is 2.44. The molecule has 0 saturated carbocycles. The summed E-state index contributed by atoms with van der Waals surface area (Å²) in [5, 5.41) is 6.78. The quantitative estimate of drug-likeness (QED) is 0.680. The highest BCUT2D eigenvalue weighted by atomic mass is 16.3. The third kappa shape index (κ3) is 1.76. The molecule has 0 aromatic carbocycles. The van der Waals surface area contributed by atoms with E-state index in [1.54, 1.807) is 0 Å². The van der Waals surface area contributed by atoms with Gasteiger partial charge in [-0.15, -0.1) is 0 Å². The summed E-state index contributed by atoms with van der Waals surface area (Å²) in [4.78, 5) is 0. The van der Waals surface area contributed by atoms with Crippen LogP contribution in [0.25, 0.3) is 0 Å². The van der Waals surface area contributed by atoms with Crippen molar-refractivity contribution in [2.24, 2.45) is 0 Å². The highest BCUT2D eigenvalue weighted by Crippen LogP contribution is 2.21. The zero-order chi connectivity index (χ0) is 9.26. The first kappa shape index (κ1) is 8.78. The van der Waals surface area contributed by atoms with Crippen molar-refractivity contribution in [3.63, 3.8) is 0 Å². The predicted octanol–water partition coefficient (Wildman–Crippen LogP) is 1.13. The van der Waals surface area contributed by atoms with Crippen molar-refractivity contribution < 1.29 is 4.42 Å². The normalized spacial score (nSPS) is 23.4. The molecular formula is C10H16N2O. The lowest BCUT2D eigenvalue weighted by Gasteiger charge is -2.23. The van der Waals surface area contributed by atoms with Gasteiger partial charge >= 0.3 is 0 Å². The molecule has 2 rings (SSSR count). The summed E-state index contributed by atoms with van der Waals surface area (Å²) in [7, 11) is 0. The van der Waals surface area contributed by atoms with E-state index in [1.807, 2.05) is 6.92 Å². The lowest BCUT2D eigenvalue weighted by atomic mass is 10.1. The van der Waals surface area contributed by atoms with Crippen LogP contribution in [0.15, 0.2) is 10.5 Å². The van der Waals surface area contributed by atoms with Gasteiger partial charge < -0.3 is 15.1 Å². The number of aryl methyl sites for hydroxylation is 2. The maximum Gasteiger partial charge on any atom is 0.125 e. The molecule has 1 fully saturated rings. The molecule has 1 atom stereocenters. The van der Waals surface area contributed by atoms with Crippen LogP contribution in [0.5, 0.6) is 0 Å². The van der Waals surface area contributed by atoms with E-state index in [2.05, 4.69) is 23.6 Å². The second-order valence-electron chi connectivity index (χ2n) is 3.62. The largest absolute Gasteiger partial charge is 0.464 e. The Kier molecular flexibility index (Phi) is 2.38. The summed E-state index contributed by atoms with van der Waals surface area (Å²) in [5.41, 5.74) is 1.25. The molecule has 1 aliphatic heterocycles. The second kappa shape index (κ2) is 3.52. The molecule has 1 aromatic heterocycles. The van der Waals surface area contributed by atoms with Gasteiger partial charge in [0, 0.05) is 19.6 Å². The zero-order valence-electron chi connectivity index (χ0n) is 8.18. The van der Waals surface area contributed by atoms with Gasteiger partial charge in [0.05, 0.1) is 6.04 Å². The number of hydrogen-bond acceptors (Lipinski definition) is 3. The topological polar surface area (TPSA) is 37.2 Å². The third-order valence-electron chi connectivity index (χ3n) is 2.44. The van der Waals surface area contributed by atoms with Crippen molar-refractivity contribution in [2.75, 3.05) is 19.6 Å². The van der Waals surface area contributed by atoms with Crippen molar-refractivity contribution in [3.05, 3.63) is 23.2 Å². The van der Waals surface area contributed by atoms with Gasteiger partial charge in [-0.25, -0.2) is 0 Å². The van der Waals surface area contributed by atoms with Crippen LogP contribution < -0.4 is 10.6 Å². The van der Waals surface area contributed by atoms with E-state index < -0.39 is 0 Å². The Morgan fingerprint density at radius 3 is 2.77 bits per heavy atom. The fourth-order valence-corrected chi connectivity index (χ4v) is 1.84. The maximum absolute atomic E-state index is 5.65. The predicted molar refractivity (Wildman–Crippen MR) is 51.8 cm³/mol. The summed E-state index contributed by atoms with van der Waals surface area (Å²) in [6.45, 7) is 7.13. The molecule has 0 aliphatic carbocycles. The Morgan fingerprint density at radius 1 is 1.38 bits per heavy atom. The van der Waals surface area contributed by atoms with E-state index in [-0.39, 0.29) is 0 Å². The van der Waals surface area contributed by atoms with Crippen LogP contribution in [-0.2, 0) is 0 Å². The minimum absolute atomic E-state index is 0.349. The van der Waals surface area contributed by atoms with Gasteiger partial charge in [0.2, 0.25) is 0 Å². The third-order valence-corrected chi connectivity index (χ3v) is 2.44. The number of furan rings is 1. The maximum atomic E-state index is 5.65. The average Bonchev–Trinajstić information content (AvgIpc) is 2.47. The number of nitrogens with one attached hydrogen (secondary N) is 2. The molecule has 0 radical (unpaired) electrons. The minimum Gasteiger partial charge on any atom is -0.464 e. The van der Waals surface area contributed by atoms with Crippen molar-refractivity contribution in [3.8, 4) is 0 Å². The Hall–Kier alpha value is -0.800. The molecule has 3 nitrogen and oxygen atoms in total. The van der Waals surface area contributed by atoms with E-state index in [9.17, 15) is 0 Å². The van der Waals surface area contributed by atoms with Crippen molar-refractivity contribution in [1.29, 1.82) is 0 Å². The first-order chi connectivity index (χ1) is 6.27. The first-order valence-corrected chi connectivity index (χ1v) is 4.78. The monoisotopic (exact) mass is 180 g/mol. The Morgan fingerprint density at radius 2 is 2.23 bits per heavy atom. The standard InChI is InChI=1S/C10H16N2O/c1-7-5-8(2)13-10(7)9-6-11-3-4-12-9/h5,9,11-12H,3-4,6H2,1-2H3/t9-/m1/s1. The van der Waals surface area contributed by atoms with Gasteiger partial charge in [-0.05, 0) is 25.5 Å². The van der Waals surface area contributed by atoms with E-state index in [0.29, 0.717) is 6.04 Å². The number of piperazine rings is 1. The molecule has 1 aliphatic rings. The van der Waals surface area contributed by atoms with Gasteiger partial charge in [-0.2, -0.15) is 0 Å². The summed E-state index contributed by atoms with van der Waals surface area (Å²) in [5.74, 6) is 2.09. The van der Waals surface area contributed by atoms with Crippen LogP contribution in [-0.4, -0.2) is 19.6 Å². The molecular weight excluding hydrogens is 164 g/mol. The van der Waals surface area contributed by atoms with Crippen LogP contribution in [0.2, 0.25) is 0 Å². The molecule has 2 N–H and O–H groups in total. The molecule has 1 aromatic rings. The molecule has 0 amide bonds. The van der Waals surface area contributed by atoms with E-state index in [1.165, 1.54) is 5.56 Å². The molecule has 0 bridgehead atoms. The van der Waals surface area contributed by atoms with Crippen molar-refractivity contribution in [1.82, 2.24) is 10.6 Å². The molecule has 2 heterocycles. The summed E-state index contributed by atoms with van der Waals surface area (Å²) >= 11 is 0. The summed E-state index contributed by atoms with van der Waals surface area (Å²) < 4.78 is 5.65. The van der Waals surface area contributed by atoms with Crippen LogP contribution in [0, 0.1) is 13.8 Å². The fraction of sp³-hybridized carbons (Fsp3) is 0.600. The number of hydrogen-bond donors (Lipinski definition) is 2. The second-order valence-corrected chi connectivity index (χ2v) is 3.62. The van der Waals surface area contributed by atoms with Crippen LogP contribution in [0.1, 0.15) is 23.1 Å². The smallest absolute Gasteiger partial charge is 0.125 e. The molecule has 13 heavy (non-hydrogen) atoms. The van der Waals surface area contributed by atoms with Crippen molar-refractivity contribution in [2.45, 2.75) is 19.9 Å². The molecule has 0 unspecified atom stereocenters. The molecule has 72 valence electrons. The minimum atomic E-state index is 0.349. The highest BCUT2D eigenvalue weighted by Gasteiger charge is 2.19. The van der Waals surface area contributed by atoms with Gasteiger partial charge in [-0.3, -0.25) is 0 Å². The highest BCUT2D eigenvalue weighted by molar-refractivity contribution is 5.22. The van der Waals surface area contributed by atoms with Gasteiger partial charge in [0.1, 0.15) is 11.5 Å². The number of rotatable bonds is 1. The van der Waals surface area contributed by atoms with E-state index in [0.717, 1.165) is 31.2 Å². The Balaban J connectivity index is 2.18. The van der Waals surface area contributed by atoms with Gasteiger partial charge in [-0.1, -0.05) is 0 Å². The Bertz CT molecular complexity index is 287. The van der Waals surface area contributed by atoms with E-state index in [4.69, 9.17) is 4.42 Å². The first-order valence-electron chi connectivity index (χ1n) is 4.78. The van der Waals surface area contributed by atoms with Gasteiger partial charge in [0.15, 0.2) is 0 Å². The van der Waals surface area contributed by atoms with E-state index >= 15 is 0 Å². The van der Waals surface area contributed by atoms with Gasteiger partial charge in [0.25, 0.3) is 0 Å². The SMILES string of the molecule is Cc1cc(C)c([C@H]2CNCCN2)o1. The lowest BCUT2D eigenvalue weighted by Crippen LogP contribution is -2.42. The fourth-order valence-electron chi connectivity index (χ4n) is 1.84. The van der Waals surface area contributed by atoms with Crippen molar-refractivity contribution >= 4 is 0 Å². The lowest BCUT2D eigenvalue weighted by molar-refractivity contribution is 0.355. The Labute approximate surface area is 78.5 Å².